The molecule has 0 radical (unpaired) electrons. The Balaban J connectivity index is 0.902. The lowest BCUT2D eigenvalue weighted by Crippen LogP contribution is -1.92. The maximum absolute atomic E-state index is 10.0. The predicted octanol–water partition coefficient (Wildman–Crippen LogP) is 22.2. The maximum atomic E-state index is 10.0. The van der Waals surface area contributed by atoms with Crippen LogP contribution in [0.3, 0.4) is 0 Å². The second kappa shape index (κ2) is 33.1. The minimum Gasteiger partial charge on any atom is -0.309 e. The number of nitrogens with zero attached hydrogens (tertiary/aromatic N) is 4. The molecule has 0 saturated heterocycles. The van der Waals surface area contributed by atoms with Crippen LogP contribution in [0.25, 0.3) is 52.8 Å². The van der Waals surface area contributed by atoms with E-state index in [1.54, 1.807) is 22.7 Å². The Morgan fingerprint density at radius 2 is 0.703 bits per heavy atom. The summed E-state index contributed by atoms with van der Waals surface area (Å²) in [5, 5.41) is 20.1. The van der Waals surface area contributed by atoms with Gasteiger partial charge in [0.1, 0.15) is 11.0 Å². The van der Waals surface area contributed by atoms with E-state index in [0.717, 1.165) is 102 Å². The summed E-state index contributed by atoms with van der Waals surface area (Å²) in [5.74, 6) is 0. The lowest BCUT2D eigenvalue weighted by atomic mass is 9.98. The number of nitriles is 2. The van der Waals surface area contributed by atoms with E-state index in [-0.39, 0.29) is 0 Å². The van der Waals surface area contributed by atoms with Crippen LogP contribution in [0.2, 0.25) is 0 Å². The van der Waals surface area contributed by atoms with Gasteiger partial charge in [-0.25, -0.2) is 0 Å². The lowest BCUT2D eigenvalue weighted by Gasteiger charge is -2.11. The van der Waals surface area contributed by atoms with E-state index < -0.39 is 0 Å². The first kappa shape index (κ1) is 57.5. The van der Waals surface area contributed by atoms with Crippen LogP contribution in [0, 0.1) is 22.7 Å². The average molecular weight is 1070 g/mol. The first-order chi connectivity index (χ1) is 36.6. The number of benzene rings is 3. The zero-order chi connectivity index (χ0) is 51.4. The summed E-state index contributed by atoms with van der Waals surface area (Å²) in [4.78, 5) is 4.65. The van der Waals surface area contributed by atoms with Gasteiger partial charge in [0.2, 0.25) is 0 Å². The quantitative estimate of drug-likeness (QED) is 0.0294. The van der Waals surface area contributed by atoms with Crippen molar-refractivity contribution in [2.75, 3.05) is 9.44 Å². The highest BCUT2D eigenvalue weighted by Gasteiger charge is 2.29. The van der Waals surface area contributed by atoms with Crippen LogP contribution in [-0.2, 0) is 12.8 Å². The van der Waals surface area contributed by atoms with Crippen LogP contribution in [0.1, 0.15) is 242 Å². The van der Waals surface area contributed by atoms with Gasteiger partial charge >= 0.3 is 0 Å². The summed E-state index contributed by atoms with van der Waals surface area (Å²) in [5.41, 5.74) is 12.3. The van der Waals surface area contributed by atoms with Crippen molar-refractivity contribution in [3.63, 3.8) is 0 Å². The molecule has 3 aromatic carbocycles. The third-order valence-electron chi connectivity index (χ3n) is 15.3. The van der Waals surface area contributed by atoms with Crippen LogP contribution < -0.4 is 9.44 Å². The number of hydrogen-bond donors (Lipinski definition) is 2. The summed E-state index contributed by atoms with van der Waals surface area (Å²) in [6.07, 6.45) is 45.4. The standard InChI is InChI=1S/C64H86N6S4/c1-3-5-7-9-11-13-15-17-19-21-23-25-27-29-31-33-35-49-45-51(37-39-53(49)47-65)55-41-43-57(71-55)59-61-63(69-73-67-61)60(64-62(59)68-74-70-64)58-44-42-56(72-58)52-38-40-54(48-66)50(46-52)36-34-32-30-28-26-24-22-20-18-16-14-12-10-8-6-4-2/h37-46,67,69H,3-36H2,1-2H3. The third kappa shape index (κ3) is 17.4. The Morgan fingerprint density at radius 1 is 0.392 bits per heavy atom. The van der Waals surface area contributed by atoms with Crippen LogP contribution in [0.5, 0.6) is 0 Å². The number of aryl methyl sites for hydroxylation is 2. The van der Waals surface area contributed by atoms with Gasteiger partial charge in [0.25, 0.3) is 0 Å². The number of hydrogen-bond acceptors (Lipinski definition) is 10. The van der Waals surface area contributed by atoms with E-state index in [1.165, 1.54) is 226 Å². The summed E-state index contributed by atoms with van der Waals surface area (Å²) in [7, 11) is 0. The van der Waals surface area contributed by atoms with Crippen LogP contribution in [0.4, 0.5) is 11.4 Å². The highest BCUT2D eigenvalue weighted by atomic mass is 32.2. The van der Waals surface area contributed by atoms with Crippen LogP contribution in [-0.4, -0.2) is 8.75 Å². The van der Waals surface area contributed by atoms with Crippen molar-refractivity contribution in [3.8, 4) is 53.9 Å². The van der Waals surface area contributed by atoms with Crippen molar-refractivity contribution in [2.45, 2.75) is 232 Å². The highest BCUT2D eigenvalue weighted by molar-refractivity contribution is 8.02. The van der Waals surface area contributed by atoms with Gasteiger partial charge in [-0.1, -0.05) is 219 Å². The molecule has 10 heteroatoms. The molecule has 0 fully saturated rings. The molecule has 6 aromatic rings. The van der Waals surface area contributed by atoms with Gasteiger partial charge in [-0.2, -0.15) is 19.3 Å². The number of nitrogens with one attached hydrogen (secondary N) is 2. The molecule has 2 N–H and O–H groups in total. The molecule has 0 saturated carbocycles. The monoisotopic (exact) mass is 1070 g/mol. The van der Waals surface area contributed by atoms with Gasteiger partial charge in [0, 0.05) is 30.6 Å². The number of rotatable bonds is 38. The smallest absolute Gasteiger partial charge is 0.116 e. The van der Waals surface area contributed by atoms with Crippen molar-refractivity contribution in [2.24, 2.45) is 0 Å². The first-order valence-corrected chi connectivity index (χ1v) is 32.6. The van der Waals surface area contributed by atoms with Gasteiger partial charge in [-0.15, -0.1) is 22.7 Å². The fourth-order valence-electron chi connectivity index (χ4n) is 10.9. The Morgan fingerprint density at radius 3 is 1.03 bits per heavy atom. The molecule has 0 spiro atoms. The minimum atomic E-state index is 0.796. The number of thiophene rings is 2. The molecule has 1 aliphatic rings. The van der Waals surface area contributed by atoms with Crippen molar-refractivity contribution in [1.29, 1.82) is 10.5 Å². The Kier molecular flexibility index (Phi) is 25.7. The molecule has 0 bridgehead atoms. The van der Waals surface area contributed by atoms with Crippen molar-refractivity contribution in [1.82, 2.24) is 8.75 Å². The molecule has 0 unspecified atom stereocenters. The fraction of sp³-hybridized carbons (Fsp3) is 0.562. The summed E-state index contributed by atoms with van der Waals surface area (Å²) < 4.78 is 17.1. The highest BCUT2D eigenvalue weighted by Crippen LogP contribution is 2.54. The molecule has 74 heavy (non-hydrogen) atoms. The summed E-state index contributed by atoms with van der Waals surface area (Å²) >= 11 is 6.31. The zero-order valence-corrected chi connectivity index (χ0v) is 48.5. The SMILES string of the molecule is CCCCCCCCCCCCCCCCCCc1cc(-c2ccc(-c3c4c(c(-c5ccc(-c6ccc(C#N)c(CCCCCCCCCCCCCCCCCC)c6)s5)c5nsnc35)NSN4)s2)ccc1C#N. The van der Waals surface area contributed by atoms with Gasteiger partial charge in [0.05, 0.1) is 58.5 Å². The molecule has 0 atom stereocenters. The van der Waals surface area contributed by atoms with Crippen LogP contribution >= 0.6 is 46.5 Å². The van der Waals surface area contributed by atoms with E-state index in [1.807, 2.05) is 12.1 Å². The molecule has 1 aliphatic heterocycles. The Labute approximate surface area is 463 Å². The first-order valence-electron chi connectivity index (χ1n) is 29.4. The van der Waals surface area contributed by atoms with Crippen LogP contribution in [0.15, 0.2) is 60.7 Å². The van der Waals surface area contributed by atoms with Gasteiger partial charge in [-0.3, -0.25) is 0 Å². The zero-order valence-electron chi connectivity index (χ0n) is 45.2. The predicted molar refractivity (Wildman–Crippen MR) is 326 cm³/mol. The second-order valence-electron chi connectivity index (χ2n) is 21.2. The molecular weight excluding hydrogens is 981 g/mol. The van der Waals surface area contributed by atoms with E-state index >= 15 is 0 Å². The minimum absolute atomic E-state index is 0.796. The number of unbranched alkanes of at least 4 members (excludes halogenated alkanes) is 30. The van der Waals surface area contributed by atoms with Crippen molar-refractivity contribution >= 4 is 68.9 Å². The second-order valence-corrected chi connectivity index (χ2v) is 24.5. The number of fused-ring (bicyclic) bond motifs is 2. The van der Waals surface area contributed by atoms with E-state index in [2.05, 4.69) is 84.0 Å². The topological polar surface area (TPSA) is 97.4 Å². The molecule has 4 heterocycles. The average Bonchev–Trinajstić information content (AvgIpc) is 4.29. The van der Waals surface area contributed by atoms with Gasteiger partial charge in [-0.05, 0) is 96.5 Å². The van der Waals surface area contributed by atoms with Gasteiger partial charge in [0.15, 0.2) is 0 Å². The molecule has 7 rings (SSSR count). The summed E-state index contributed by atoms with van der Waals surface area (Å²) in [6.45, 7) is 4.59. The molecule has 0 aliphatic carbocycles. The Bertz CT molecular complexity index is 2480. The Hall–Kier alpha value is -4.19. The molecular formula is C64H86N6S4. The fourth-order valence-corrected chi connectivity index (χ4v) is 14.3. The molecule has 0 amide bonds. The largest absolute Gasteiger partial charge is 0.309 e. The normalized spacial score (nSPS) is 12.0. The van der Waals surface area contributed by atoms with Crippen molar-refractivity contribution < 1.29 is 0 Å². The summed E-state index contributed by atoms with van der Waals surface area (Å²) in [6, 6.07) is 26.6. The maximum Gasteiger partial charge on any atom is 0.116 e. The molecule has 396 valence electrons. The van der Waals surface area contributed by atoms with Gasteiger partial charge < -0.3 is 9.44 Å². The molecule has 6 nitrogen and oxygen atoms in total. The van der Waals surface area contributed by atoms with E-state index in [9.17, 15) is 10.5 Å². The van der Waals surface area contributed by atoms with Crippen molar-refractivity contribution in [3.05, 3.63) is 82.9 Å². The number of anilines is 2. The van der Waals surface area contributed by atoms with E-state index in [0.29, 0.717) is 0 Å². The third-order valence-corrected chi connectivity index (χ3v) is 18.8. The number of aromatic nitrogens is 2. The molecule has 3 aromatic heterocycles. The van der Waals surface area contributed by atoms with E-state index in [4.69, 9.17) is 8.75 Å². The lowest BCUT2D eigenvalue weighted by molar-refractivity contribution is 0.529.